The van der Waals surface area contributed by atoms with Gasteiger partial charge in [0.05, 0.1) is 11.4 Å². The molecule has 4 rings (SSSR count). The van der Waals surface area contributed by atoms with Gasteiger partial charge >= 0.3 is 0 Å². The zero-order chi connectivity index (χ0) is 33.4. The Morgan fingerprint density at radius 3 is 1.40 bits per heavy atom. The highest BCUT2D eigenvalue weighted by Crippen LogP contribution is 2.26. The highest BCUT2D eigenvalue weighted by Gasteiger charge is 2.22. The second-order valence-electron chi connectivity index (χ2n) is 12.8. The minimum atomic E-state index is -0.187. The summed E-state index contributed by atoms with van der Waals surface area (Å²) in [6.45, 7) is 3.63. The lowest BCUT2D eigenvalue weighted by atomic mass is 9.88. The zero-order valence-corrected chi connectivity index (χ0v) is 27.9. The van der Waals surface area contributed by atoms with Crippen LogP contribution < -0.4 is 21.5 Å². The molecular weight excluding hydrogens is 592 g/mol. The smallest absolute Gasteiger partial charge is 0.240 e. The van der Waals surface area contributed by atoms with Gasteiger partial charge < -0.3 is 10.6 Å². The van der Waals surface area contributed by atoms with Crippen LogP contribution in [-0.2, 0) is 19.2 Å². The molecule has 2 aromatic rings. The Bertz CT molecular complexity index is 1330. The zero-order valence-electron chi connectivity index (χ0n) is 27.9. The van der Waals surface area contributed by atoms with Crippen LogP contribution in [0.25, 0.3) is 0 Å². The normalized spacial score (nSPS) is 16.3. The molecule has 2 fully saturated rings. The molecule has 0 heterocycles. The van der Waals surface area contributed by atoms with Gasteiger partial charge in [-0.05, 0) is 87.8 Å². The molecule has 0 atom stereocenters. The minimum absolute atomic E-state index is 0.0724. The fraction of sp³-hybridized carbons (Fsp3) is 0.514. The molecule has 0 radical (unpaired) electrons. The number of anilines is 2. The Balaban J connectivity index is 1.11. The Morgan fingerprint density at radius 1 is 0.596 bits per heavy atom. The van der Waals surface area contributed by atoms with E-state index in [-0.39, 0.29) is 35.5 Å². The maximum absolute atomic E-state index is 12.6. The third-order valence-electron chi connectivity index (χ3n) is 9.05. The van der Waals surface area contributed by atoms with Crippen molar-refractivity contribution in [3.8, 4) is 0 Å². The molecule has 2 aliphatic carbocycles. The summed E-state index contributed by atoms with van der Waals surface area (Å²) in [6, 6.07) is 15.0. The molecule has 2 aromatic carbocycles. The molecule has 0 aromatic heterocycles. The van der Waals surface area contributed by atoms with Crippen molar-refractivity contribution in [2.75, 3.05) is 10.6 Å². The minimum Gasteiger partial charge on any atom is -0.326 e. The van der Waals surface area contributed by atoms with Crippen molar-refractivity contribution in [1.29, 1.82) is 0 Å². The molecule has 47 heavy (non-hydrogen) atoms. The van der Waals surface area contributed by atoms with E-state index in [1.54, 1.807) is 0 Å². The van der Waals surface area contributed by atoms with E-state index in [1.807, 2.05) is 62.4 Å². The Labute approximate surface area is 278 Å². The number of unbranched alkanes of at least 4 members (excludes halogenated alkanes) is 2. The van der Waals surface area contributed by atoms with Gasteiger partial charge in [0.25, 0.3) is 0 Å². The van der Waals surface area contributed by atoms with Crippen molar-refractivity contribution < 1.29 is 19.2 Å². The molecule has 2 saturated carbocycles. The third-order valence-corrected chi connectivity index (χ3v) is 9.05. The first-order valence-electron chi connectivity index (χ1n) is 17.3. The van der Waals surface area contributed by atoms with Crippen molar-refractivity contribution in [3.05, 3.63) is 59.7 Å². The second-order valence-corrected chi connectivity index (χ2v) is 12.8. The molecular formula is C37H50N6O4. The summed E-state index contributed by atoms with van der Waals surface area (Å²) in [7, 11) is 0. The number of hydrazone groups is 2. The van der Waals surface area contributed by atoms with Gasteiger partial charge in [0.2, 0.25) is 23.6 Å². The molecule has 0 aliphatic heterocycles. The van der Waals surface area contributed by atoms with Gasteiger partial charge in [-0.1, -0.05) is 69.2 Å². The number of carbonyl (C=O) groups is 4. The maximum Gasteiger partial charge on any atom is 0.240 e. The van der Waals surface area contributed by atoms with Gasteiger partial charge in [0, 0.05) is 36.1 Å². The van der Waals surface area contributed by atoms with E-state index in [9.17, 15) is 19.2 Å². The van der Waals surface area contributed by atoms with Crippen LogP contribution in [0, 0.1) is 11.8 Å². The van der Waals surface area contributed by atoms with E-state index in [0.717, 1.165) is 80.3 Å². The third kappa shape index (κ3) is 12.1. The second kappa shape index (κ2) is 18.7. The molecule has 252 valence electrons. The van der Waals surface area contributed by atoms with Crippen LogP contribution >= 0.6 is 0 Å². The molecule has 10 heteroatoms. The van der Waals surface area contributed by atoms with Crippen molar-refractivity contribution in [2.45, 2.75) is 110 Å². The molecule has 4 N–H and O–H groups in total. The largest absolute Gasteiger partial charge is 0.326 e. The van der Waals surface area contributed by atoms with Crippen molar-refractivity contribution in [2.24, 2.45) is 22.0 Å². The van der Waals surface area contributed by atoms with E-state index < -0.39 is 0 Å². The summed E-state index contributed by atoms with van der Waals surface area (Å²) < 4.78 is 0. The topological polar surface area (TPSA) is 141 Å². The standard InChI is InChI=1S/C37H50N6O4/c1-26(30-18-12-20-32(24-30)38-36(46)28-14-6-3-7-15-28)40-42-34(44)22-10-5-11-23-35(45)43-41-27(2)31-19-13-21-33(25-31)39-37(47)29-16-8-4-9-17-29/h12-13,18-21,24-25,28-29H,3-11,14-17,22-23H2,1-2H3,(H,38,46)(H,39,47)(H,42,44)(H,43,45)/b40-26+,41-27+. The SMILES string of the molecule is C/C(=N\NC(=O)CCCCCC(=O)N/N=C(\C)c1cccc(NC(=O)C2CCCCC2)c1)c1cccc(NC(=O)C2CCCCC2)c1. The summed E-state index contributed by atoms with van der Waals surface area (Å²) in [6.07, 6.45) is 13.2. The van der Waals surface area contributed by atoms with Gasteiger partial charge in [-0.25, -0.2) is 10.9 Å². The summed E-state index contributed by atoms with van der Waals surface area (Å²) in [5.41, 5.74) is 9.63. The first-order chi connectivity index (χ1) is 22.8. The number of benzene rings is 2. The molecule has 2 aliphatic rings. The van der Waals surface area contributed by atoms with Gasteiger partial charge in [-0.15, -0.1) is 0 Å². The molecule has 4 amide bonds. The number of carbonyl (C=O) groups excluding carboxylic acids is 4. The predicted molar refractivity (Wildman–Crippen MR) is 187 cm³/mol. The van der Waals surface area contributed by atoms with Gasteiger partial charge in [-0.3, -0.25) is 19.2 Å². The Hall–Kier alpha value is -4.34. The number of amides is 4. The lowest BCUT2D eigenvalue weighted by molar-refractivity contribution is -0.122. The molecule has 0 saturated heterocycles. The van der Waals surface area contributed by atoms with Crippen LogP contribution in [0.1, 0.15) is 121 Å². The highest BCUT2D eigenvalue weighted by molar-refractivity contribution is 6.02. The number of hydrogen-bond acceptors (Lipinski definition) is 6. The van der Waals surface area contributed by atoms with Crippen LogP contribution in [0.2, 0.25) is 0 Å². The summed E-state index contributed by atoms with van der Waals surface area (Å²) in [5, 5.41) is 14.5. The number of nitrogens with one attached hydrogen (secondary N) is 4. The Morgan fingerprint density at radius 2 is 1.00 bits per heavy atom. The van der Waals surface area contributed by atoms with E-state index >= 15 is 0 Å². The van der Waals surface area contributed by atoms with Crippen molar-refractivity contribution >= 4 is 46.4 Å². The van der Waals surface area contributed by atoms with Crippen LogP contribution in [0.5, 0.6) is 0 Å². The van der Waals surface area contributed by atoms with E-state index in [2.05, 4.69) is 31.7 Å². The van der Waals surface area contributed by atoms with Crippen molar-refractivity contribution in [3.63, 3.8) is 0 Å². The van der Waals surface area contributed by atoms with Gasteiger partial charge in [0.15, 0.2) is 0 Å². The molecule has 0 unspecified atom stereocenters. The first-order valence-corrected chi connectivity index (χ1v) is 17.3. The van der Waals surface area contributed by atoms with E-state index in [0.29, 0.717) is 37.1 Å². The van der Waals surface area contributed by atoms with Crippen LogP contribution in [0.4, 0.5) is 11.4 Å². The molecule has 10 nitrogen and oxygen atoms in total. The maximum atomic E-state index is 12.6. The first kappa shape index (κ1) is 35.5. The van der Waals surface area contributed by atoms with Crippen LogP contribution in [-0.4, -0.2) is 35.1 Å². The lowest BCUT2D eigenvalue weighted by Crippen LogP contribution is -2.24. The Kier molecular flexibility index (Phi) is 14.1. The highest BCUT2D eigenvalue weighted by atomic mass is 16.2. The fourth-order valence-electron chi connectivity index (χ4n) is 6.14. The fourth-order valence-corrected chi connectivity index (χ4v) is 6.14. The van der Waals surface area contributed by atoms with E-state index in [4.69, 9.17) is 0 Å². The number of hydrogen-bond donors (Lipinski definition) is 4. The van der Waals surface area contributed by atoms with Crippen LogP contribution in [0.15, 0.2) is 58.7 Å². The summed E-state index contributed by atoms with van der Waals surface area (Å²) >= 11 is 0. The van der Waals surface area contributed by atoms with Crippen molar-refractivity contribution in [1.82, 2.24) is 10.9 Å². The number of rotatable bonds is 14. The van der Waals surface area contributed by atoms with Gasteiger partial charge in [-0.2, -0.15) is 10.2 Å². The van der Waals surface area contributed by atoms with E-state index in [1.165, 1.54) is 12.8 Å². The quantitative estimate of drug-likeness (QED) is 0.0995. The molecule has 0 spiro atoms. The summed E-state index contributed by atoms with van der Waals surface area (Å²) in [4.78, 5) is 49.9. The predicted octanol–water partition coefficient (Wildman–Crippen LogP) is 7.06. The summed E-state index contributed by atoms with van der Waals surface area (Å²) in [5.74, 6) is -0.0722. The van der Waals surface area contributed by atoms with Gasteiger partial charge in [0.1, 0.15) is 0 Å². The average Bonchev–Trinajstić information content (AvgIpc) is 3.10. The lowest BCUT2D eigenvalue weighted by Gasteiger charge is -2.20. The van der Waals surface area contributed by atoms with Crippen LogP contribution in [0.3, 0.4) is 0 Å². The average molecular weight is 643 g/mol. The number of nitrogens with zero attached hydrogens (tertiary/aromatic N) is 2. The monoisotopic (exact) mass is 642 g/mol. The molecule has 0 bridgehead atoms.